The number of hydrogen-bond acceptors (Lipinski definition) is 3. The van der Waals surface area contributed by atoms with E-state index in [0.29, 0.717) is 0 Å². The summed E-state index contributed by atoms with van der Waals surface area (Å²) < 4.78 is 0. The number of nitrogens with zero attached hydrogens (tertiary/aromatic N) is 2. The van der Waals surface area contributed by atoms with E-state index in [-0.39, 0.29) is 0 Å². The third kappa shape index (κ3) is 7.74. The Kier molecular flexibility index (Phi) is 7.82. The Bertz CT molecular complexity index is 174. The van der Waals surface area contributed by atoms with E-state index in [2.05, 4.69) is 36.3 Å². The molecular formula is C14H31N3. The number of hydrogen-bond donors (Lipinski definition) is 1. The van der Waals surface area contributed by atoms with Crippen LogP contribution in [-0.2, 0) is 0 Å². The van der Waals surface area contributed by atoms with Crippen molar-refractivity contribution in [2.24, 2.45) is 0 Å². The summed E-state index contributed by atoms with van der Waals surface area (Å²) in [5, 5.41) is 3.72. The molecule has 1 aliphatic carbocycles. The molecule has 102 valence electrons. The molecule has 1 aliphatic rings. The van der Waals surface area contributed by atoms with Gasteiger partial charge in [-0.2, -0.15) is 0 Å². The maximum atomic E-state index is 3.72. The van der Waals surface area contributed by atoms with Crippen molar-refractivity contribution in [3.05, 3.63) is 0 Å². The van der Waals surface area contributed by atoms with Gasteiger partial charge in [-0.05, 0) is 34.0 Å². The van der Waals surface area contributed by atoms with Crippen LogP contribution in [0.15, 0.2) is 0 Å². The van der Waals surface area contributed by atoms with Crippen molar-refractivity contribution in [2.75, 3.05) is 47.3 Å². The van der Waals surface area contributed by atoms with Gasteiger partial charge in [0.25, 0.3) is 0 Å². The number of nitrogens with one attached hydrogen (secondary N) is 1. The van der Waals surface area contributed by atoms with Crippen LogP contribution in [0.2, 0.25) is 0 Å². The molecule has 0 aromatic heterocycles. The van der Waals surface area contributed by atoms with E-state index in [1.165, 1.54) is 51.6 Å². The summed E-state index contributed by atoms with van der Waals surface area (Å²) in [6.07, 6.45) is 8.52. The summed E-state index contributed by atoms with van der Waals surface area (Å²) in [5.74, 6) is 0. The highest BCUT2D eigenvalue weighted by molar-refractivity contribution is 4.71. The Labute approximate surface area is 108 Å². The largest absolute Gasteiger partial charge is 0.313 e. The second kappa shape index (κ2) is 8.90. The fourth-order valence-electron chi connectivity index (χ4n) is 2.43. The second-order valence-electron chi connectivity index (χ2n) is 5.75. The van der Waals surface area contributed by atoms with Crippen molar-refractivity contribution in [3.63, 3.8) is 0 Å². The predicted molar refractivity (Wildman–Crippen MR) is 75.5 cm³/mol. The Morgan fingerprint density at radius 3 is 2.12 bits per heavy atom. The Balaban J connectivity index is 2.01. The molecule has 0 saturated heterocycles. The first-order valence-corrected chi connectivity index (χ1v) is 7.25. The second-order valence-corrected chi connectivity index (χ2v) is 5.75. The molecule has 0 heterocycles. The summed E-state index contributed by atoms with van der Waals surface area (Å²) in [6.45, 7) is 4.64. The molecule has 0 atom stereocenters. The summed E-state index contributed by atoms with van der Waals surface area (Å²) in [7, 11) is 6.49. The number of rotatable bonds is 7. The minimum absolute atomic E-state index is 0.791. The molecule has 1 N–H and O–H groups in total. The van der Waals surface area contributed by atoms with Crippen molar-refractivity contribution in [1.82, 2.24) is 15.1 Å². The third-order valence-electron chi connectivity index (χ3n) is 3.71. The van der Waals surface area contributed by atoms with Crippen LogP contribution in [0.5, 0.6) is 0 Å². The SMILES string of the molecule is CN(C)CCN(C)CCNC1CCCCCC1. The average molecular weight is 241 g/mol. The molecule has 0 radical (unpaired) electrons. The zero-order chi connectivity index (χ0) is 12.5. The molecular weight excluding hydrogens is 210 g/mol. The van der Waals surface area contributed by atoms with E-state index < -0.39 is 0 Å². The standard InChI is InChI=1S/C14H31N3/c1-16(2)12-13-17(3)11-10-15-14-8-6-4-5-7-9-14/h14-15H,4-13H2,1-3H3. The zero-order valence-electron chi connectivity index (χ0n) is 12.0. The highest BCUT2D eigenvalue weighted by Crippen LogP contribution is 2.16. The first-order chi connectivity index (χ1) is 8.18. The van der Waals surface area contributed by atoms with Crippen LogP contribution in [-0.4, -0.2) is 63.2 Å². The molecule has 0 aromatic rings. The van der Waals surface area contributed by atoms with Gasteiger partial charge >= 0.3 is 0 Å². The average Bonchev–Trinajstić information content (AvgIpc) is 2.55. The van der Waals surface area contributed by atoms with Crippen molar-refractivity contribution >= 4 is 0 Å². The van der Waals surface area contributed by atoms with Gasteiger partial charge in [-0.25, -0.2) is 0 Å². The lowest BCUT2D eigenvalue weighted by atomic mass is 10.1. The summed E-state index contributed by atoms with van der Waals surface area (Å²) >= 11 is 0. The fraction of sp³-hybridized carbons (Fsp3) is 1.00. The minimum atomic E-state index is 0.791. The van der Waals surface area contributed by atoms with E-state index >= 15 is 0 Å². The van der Waals surface area contributed by atoms with Gasteiger partial charge in [-0.1, -0.05) is 25.7 Å². The van der Waals surface area contributed by atoms with Crippen LogP contribution in [0.4, 0.5) is 0 Å². The molecule has 0 unspecified atom stereocenters. The lowest BCUT2D eigenvalue weighted by Gasteiger charge is -2.22. The first-order valence-electron chi connectivity index (χ1n) is 7.25. The van der Waals surface area contributed by atoms with Gasteiger partial charge in [0.05, 0.1) is 0 Å². The van der Waals surface area contributed by atoms with Gasteiger partial charge in [0.1, 0.15) is 0 Å². The Hall–Kier alpha value is -0.120. The van der Waals surface area contributed by atoms with Crippen molar-refractivity contribution < 1.29 is 0 Å². The van der Waals surface area contributed by atoms with Crippen LogP contribution in [0.3, 0.4) is 0 Å². The van der Waals surface area contributed by atoms with Crippen LogP contribution in [0.1, 0.15) is 38.5 Å². The maximum Gasteiger partial charge on any atom is 0.0107 e. The van der Waals surface area contributed by atoms with Gasteiger partial charge in [0.15, 0.2) is 0 Å². The first kappa shape index (κ1) is 14.9. The zero-order valence-corrected chi connectivity index (χ0v) is 12.0. The monoisotopic (exact) mass is 241 g/mol. The fourth-order valence-corrected chi connectivity index (χ4v) is 2.43. The number of likely N-dealkylation sites (N-methyl/N-ethyl adjacent to an activating group) is 2. The van der Waals surface area contributed by atoms with E-state index in [9.17, 15) is 0 Å². The molecule has 17 heavy (non-hydrogen) atoms. The Morgan fingerprint density at radius 2 is 1.53 bits per heavy atom. The lowest BCUT2D eigenvalue weighted by molar-refractivity contribution is 0.276. The van der Waals surface area contributed by atoms with Crippen LogP contribution < -0.4 is 5.32 Å². The third-order valence-corrected chi connectivity index (χ3v) is 3.71. The van der Waals surface area contributed by atoms with E-state index in [1.54, 1.807) is 0 Å². The van der Waals surface area contributed by atoms with Crippen molar-refractivity contribution in [1.29, 1.82) is 0 Å². The normalized spacial score (nSPS) is 18.9. The van der Waals surface area contributed by atoms with E-state index in [4.69, 9.17) is 0 Å². The smallest absolute Gasteiger partial charge is 0.0107 e. The molecule has 0 spiro atoms. The lowest BCUT2D eigenvalue weighted by Crippen LogP contribution is -2.37. The molecule has 1 saturated carbocycles. The van der Waals surface area contributed by atoms with Crippen molar-refractivity contribution in [3.8, 4) is 0 Å². The molecule has 0 aliphatic heterocycles. The molecule has 3 nitrogen and oxygen atoms in total. The topological polar surface area (TPSA) is 18.5 Å². The van der Waals surface area contributed by atoms with Crippen LogP contribution in [0.25, 0.3) is 0 Å². The molecule has 3 heteroatoms. The van der Waals surface area contributed by atoms with Gasteiger partial charge in [0, 0.05) is 32.2 Å². The van der Waals surface area contributed by atoms with Gasteiger partial charge in [0.2, 0.25) is 0 Å². The predicted octanol–water partition coefficient (Wildman–Crippen LogP) is 1.79. The quantitative estimate of drug-likeness (QED) is 0.686. The highest BCUT2D eigenvalue weighted by atomic mass is 15.2. The van der Waals surface area contributed by atoms with E-state index in [0.717, 1.165) is 19.1 Å². The molecule has 1 fully saturated rings. The minimum Gasteiger partial charge on any atom is -0.313 e. The van der Waals surface area contributed by atoms with Gasteiger partial charge in [-0.3, -0.25) is 0 Å². The molecule has 0 amide bonds. The van der Waals surface area contributed by atoms with Crippen LogP contribution in [0, 0.1) is 0 Å². The van der Waals surface area contributed by atoms with Gasteiger partial charge < -0.3 is 15.1 Å². The molecule has 0 aromatic carbocycles. The molecule has 1 rings (SSSR count). The summed E-state index contributed by atoms with van der Waals surface area (Å²) in [4.78, 5) is 4.67. The highest BCUT2D eigenvalue weighted by Gasteiger charge is 2.11. The summed E-state index contributed by atoms with van der Waals surface area (Å²) in [5.41, 5.74) is 0. The summed E-state index contributed by atoms with van der Waals surface area (Å²) in [6, 6.07) is 0.791. The van der Waals surface area contributed by atoms with Gasteiger partial charge in [-0.15, -0.1) is 0 Å². The Morgan fingerprint density at radius 1 is 0.882 bits per heavy atom. The molecule has 0 bridgehead atoms. The van der Waals surface area contributed by atoms with Crippen LogP contribution >= 0.6 is 0 Å². The maximum absolute atomic E-state index is 3.72. The van der Waals surface area contributed by atoms with E-state index in [1.807, 2.05) is 0 Å². The van der Waals surface area contributed by atoms with Crippen molar-refractivity contribution in [2.45, 2.75) is 44.6 Å².